The summed E-state index contributed by atoms with van der Waals surface area (Å²) in [5.41, 5.74) is 0. The van der Waals surface area contributed by atoms with E-state index in [-0.39, 0.29) is 6.09 Å². The second-order valence-electron chi connectivity index (χ2n) is 5.00. The Hall–Kier alpha value is -1.72. The van der Waals surface area contributed by atoms with Crippen LogP contribution >= 0.6 is 0 Å². The summed E-state index contributed by atoms with van der Waals surface area (Å²) in [7, 11) is 0. The molecule has 2 rings (SSSR count). The largest absolute Gasteiger partial charge is 0.450 e. The van der Waals surface area contributed by atoms with E-state index < -0.39 is 0 Å². The molecule has 6 heteroatoms. The molecule has 0 aromatic carbocycles. The van der Waals surface area contributed by atoms with Gasteiger partial charge in [-0.05, 0) is 26.2 Å². The number of anilines is 1. The number of imidazole rings is 1. The first-order chi connectivity index (χ1) is 9.76. The van der Waals surface area contributed by atoms with Crippen LogP contribution in [0.2, 0.25) is 0 Å². The lowest BCUT2D eigenvalue weighted by atomic mass is 10.1. The van der Waals surface area contributed by atoms with Gasteiger partial charge in [-0.15, -0.1) is 0 Å². The third-order valence-corrected chi connectivity index (χ3v) is 3.59. The molecule has 0 saturated carbocycles. The van der Waals surface area contributed by atoms with Crippen LogP contribution in [0.5, 0.6) is 0 Å². The average molecular weight is 280 g/mol. The molecule has 0 bridgehead atoms. The molecule has 1 saturated heterocycles. The number of piperidine rings is 1. The Morgan fingerprint density at radius 2 is 2.20 bits per heavy atom. The maximum absolute atomic E-state index is 11.7. The van der Waals surface area contributed by atoms with Crippen LogP contribution in [-0.4, -0.2) is 46.8 Å². The third kappa shape index (κ3) is 3.43. The molecular formula is C14H24N4O2. The Morgan fingerprint density at radius 1 is 1.45 bits per heavy atom. The van der Waals surface area contributed by atoms with Gasteiger partial charge in [-0.2, -0.15) is 0 Å². The standard InChI is InChI=1S/C14H24N4O2/c1-3-7-15-13-16-8-11-18(13)12-5-9-17(10-6-12)14(19)20-4-2/h8,11-12H,3-7,9-10H2,1-2H3,(H,15,16). The van der Waals surface area contributed by atoms with Crippen molar-refractivity contribution in [3.63, 3.8) is 0 Å². The lowest BCUT2D eigenvalue weighted by molar-refractivity contribution is 0.0928. The molecule has 0 spiro atoms. The quantitative estimate of drug-likeness (QED) is 0.900. The van der Waals surface area contributed by atoms with E-state index in [0.29, 0.717) is 12.6 Å². The van der Waals surface area contributed by atoms with Gasteiger partial charge in [0.1, 0.15) is 0 Å². The third-order valence-electron chi connectivity index (χ3n) is 3.59. The van der Waals surface area contributed by atoms with Crippen molar-refractivity contribution in [1.29, 1.82) is 0 Å². The summed E-state index contributed by atoms with van der Waals surface area (Å²) in [4.78, 5) is 17.8. The van der Waals surface area contributed by atoms with E-state index in [2.05, 4.69) is 21.8 Å². The van der Waals surface area contributed by atoms with Crippen LogP contribution < -0.4 is 5.32 Å². The van der Waals surface area contributed by atoms with Gasteiger partial charge < -0.3 is 19.5 Å². The molecule has 1 aromatic rings. The van der Waals surface area contributed by atoms with Gasteiger partial charge in [0, 0.05) is 38.1 Å². The number of carbonyl (C=O) groups is 1. The van der Waals surface area contributed by atoms with Crippen LogP contribution in [0.15, 0.2) is 12.4 Å². The Kier molecular flexibility index (Phi) is 5.26. The summed E-state index contributed by atoms with van der Waals surface area (Å²) in [6.07, 6.45) is 6.61. The molecule has 2 heterocycles. The second kappa shape index (κ2) is 7.17. The number of nitrogens with one attached hydrogen (secondary N) is 1. The molecule has 20 heavy (non-hydrogen) atoms. The zero-order chi connectivity index (χ0) is 14.4. The number of nitrogens with zero attached hydrogens (tertiary/aromatic N) is 3. The summed E-state index contributed by atoms with van der Waals surface area (Å²) in [5, 5.41) is 3.34. The van der Waals surface area contributed by atoms with Crippen LogP contribution in [0.3, 0.4) is 0 Å². The van der Waals surface area contributed by atoms with Gasteiger partial charge in [-0.3, -0.25) is 0 Å². The van der Waals surface area contributed by atoms with Crippen molar-refractivity contribution in [2.24, 2.45) is 0 Å². The summed E-state index contributed by atoms with van der Waals surface area (Å²) >= 11 is 0. The fourth-order valence-corrected chi connectivity index (χ4v) is 2.52. The highest BCUT2D eigenvalue weighted by molar-refractivity contribution is 5.67. The van der Waals surface area contributed by atoms with Crippen molar-refractivity contribution in [3.8, 4) is 0 Å². The SMILES string of the molecule is CCCNc1nccn1C1CCN(C(=O)OCC)CC1. The predicted octanol–water partition coefficient (Wildman–Crippen LogP) is 2.50. The maximum atomic E-state index is 11.7. The first-order valence-corrected chi connectivity index (χ1v) is 7.44. The number of aromatic nitrogens is 2. The van der Waals surface area contributed by atoms with Crippen LogP contribution in [0.1, 0.15) is 39.2 Å². The molecule has 0 unspecified atom stereocenters. The summed E-state index contributed by atoms with van der Waals surface area (Å²) in [5.74, 6) is 0.932. The Labute approximate surface area is 120 Å². The van der Waals surface area contributed by atoms with Crippen molar-refractivity contribution in [1.82, 2.24) is 14.5 Å². The van der Waals surface area contributed by atoms with E-state index in [1.165, 1.54) is 0 Å². The lowest BCUT2D eigenvalue weighted by Crippen LogP contribution is -2.39. The minimum atomic E-state index is -0.194. The molecule has 1 N–H and O–H groups in total. The van der Waals surface area contributed by atoms with Gasteiger partial charge in [0.05, 0.1) is 6.61 Å². The average Bonchev–Trinajstić information content (AvgIpc) is 2.94. The molecule has 1 fully saturated rings. The van der Waals surface area contributed by atoms with E-state index in [1.807, 2.05) is 19.3 Å². The highest BCUT2D eigenvalue weighted by Gasteiger charge is 2.25. The zero-order valence-electron chi connectivity index (χ0n) is 12.3. The first-order valence-electron chi connectivity index (χ1n) is 7.44. The predicted molar refractivity (Wildman–Crippen MR) is 77.9 cm³/mol. The molecule has 0 aliphatic carbocycles. The number of amides is 1. The minimum Gasteiger partial charge on any atom is -0.450 e. The van der Waals surface area contributed by atoms with E-state index in [0.717, 1.165) is 44.8 Å². The Balaban J connectivity index is 1.90. The van der Waals surface area contributed by atoms with Gasteiger partial charge in [-0.25, -0.2) is 9.78 Å². The summed E-state index contributed by atoms with van der Waals surface area (Å²) in [6, 6.07) is 0.405. The molecule has 1 aliphatic heterocycles. The molecule has 1 aliphatic rings. The first kappa shape index (κ1) is 14.7. The number of ether oxygens (including phenoxy) is 1. The van der Waals surface area contributed by atoms with E-state index in [4.69, 9.17) is 4.74 Å². The van der Waals surface area contributed by atoms with Crippen LogP contribution in [0, 0.1) is 0 Å². The molecule has 6 nitrogen and oxygen atoms in total. The number of likely N-dealkylation sites (tertiary alicyclic amines) is 1. The fraction of sp³-hybridized carbons (Fsp3) is 0.714. The van der Waals surface area contributed by atoms with Gasteiger partial charge in [0.15, 0.2) is 0 Å². The number of carbonyl (C=O) groups excluding carboxylic acids is 1. The lowest BCUT2D eigenvalue weighted by Gasteiger charge is -2.32. The van der Waals surface area contributed by atoms with Crippen molar-refractivity contribution in [3.05, 3.63) is 12.4 Å². The zero-order valence-corrected chi connectivity index (χ0v) is 12.3. The summed E-state index contributed by atoms with van der Waals surface area (Å²) in [6.45, 7) is 6.83. The van der Waals surface area contributed by atoms with Crippen LogP contribution in [0.4, 0.5) is 10.7 Å². The van der Waals surface area contributed by atoms with Crippen molar-refractivity contribution >= 4 is 12.0 Å². The smallest absolute Gasteiger partial charge is 0.409 e. The molecule has 0 atom stereocenters. The van der Waals surface area contributed by atoms with Crippen LogP contribution in [-0.2, 0) is 4.74 Å². The maximum Gasteiger partial charge on any atom is 0.409 e. The fourth-order valence-electron chi connectivity index (χ4n) is 2.52. The highest BCUT2D eigenvalue weighted by Crippen LogP contribution is 2.25. The van der Waals surface area contributed by atoms with Gasteiger partial charge in [0.25, 0.3) is 0 Å². The Bertz CT molecular complexity index is 425. The van der Waals surface area contributed by atoms with E-state index in [9.17, 15) is 4.79 Å². The topological polar surface area (TPSA) is 59.4 Å². The summed E-state index contributed by atoms with van der Waals surface area (Å²) < 4.78 is 7.23. The van der Waals surface area contributed by atoms with Gasteiger partial charge in [-0.1, -0.05) is 6.92 Å². The number of rotatable bonds is 5. The Morgan fingerprint density at radius 3 is 2.85 bits per heavy atom. The molecule has 0 radical (unpaired) electrons. The number of hydrogen-bond donors (Lipinski definition) is 1. The van der Waals surface area contributed by atoms with Gasteiger partial charge in [0.2, 0.25) is 5.95 Å². The molecule has 112 valence electrons. The highest BCUT2D eigenvalue weighted by atomic mass is 16.6. The monoisotopic (exact) mass is 280 g/mol. The van der Waals surface area contributed by atoms with Gasteiger partial charge >= 0.3 is 6.09 Å². The van der Waals surface area contributed by atoms with Crippen molar-refractivity contribution < 1.29 is 9.53 Å². The van der Waals surface area contributed by atoms with Crippen molar-refractivity contribution in [2.75, 3.05) is 31.6 Å². The second-order valence-corrected chi connectivity index (χ2v) is 5.00. The molecular weight excluding hydrogens is 256 g/mol. The molecule has 1 amide bonds. The van der Waals surface area contributed by atoms with E-state index in [1.54, 1.807) is 4.90 Å². The minimum absolute atomic E-state index is 0.194. The number of hydrogen-bond acceptors (Lipinski definition) is 4. The normalized spacial score (nSPS) is 16.2. The van der Waals surface area contributed by atoms with Crippen molar-refractivity contribution in [2.45, 2.75) is 39.2 Å². The van der Waals surface area contributed by atoms with Crippen LogP contribution in [0.25, 0.3) is 0 Å². The molecule has 1 aromatic heterocycles. The van der Waals surface area contributed by atoms with E-state index >= 15 is 0 Å².